The monoisotopic (exact) mass is 276 g/mol. The number of nitrogens with zero attached hydrogens (tertiary/aromatic N) is 1. The Hall–Kier alpha value is -1.06. The predicted octanol–water partition coefficient (Wildman–Crippen LogP) is 3.22. The lowest BCUT2D eigenvalue weighted by Gasteiger charge is -2.48. The largest absolute Gasteiger partial charge is 0.497 e. The van der Waals surface area contributed by atoms with E-state index in [2.05, 4.69) is 43.4 Å². The van der Waals surface area contributed by atoms with Crippen LogP contribution in [0.5, 0.6) is 5.75 Å². The van der Waals surface area contributed by atoms with E-state index in [1.54, 1.807) is 7.11 Å². The summed E-state index contributed by atoms with van der Waals surface area (Å²) in [6.45, 7) is 3.32. The minimum absolute atomic E-state index is 0.375. The molecule has 2 rings (SSSR count). The fraction of sp³-hybridized carbons (Fsp3) is 0.647. The van der Waals surface area contributed by atoms with Gasteiger partial charge in [0.1, 0.15) is 5.75 Å². The van der Waals surface area contributed by atoms with Gasteiger partial charge in [-0.05, 0) is 57.5 Å². The van der Waals surface area contributed by atoms with Crippen molar-refractivity contribution in [1.82, 2.24) is 10.2 Å². The van der Waals surface area contributed by atoms with Crippen LogP contribution >= 0.6 is 0 Å². The molecule has 0 aromatic heterocycles. The van der Waals surface area contributed by atoms with Gasteiger partial charge in [0.15, 0.2) is 0 Å². The Kier molecular flexibility index (Phi) is 5.06. The number of likely N-dealkylation sites (N-methyl/N-ethyl adjacent to an activating group) is 1. The molecule has 1 unspecified atom stereocenters. The summed E-state index contributed by atoms with van der Waals surface area (Å²) in [5.74, 6) is 0.923. The van der Waals surface area contributed by atoms with Gasteiger partial charge in [0.2, 0.25) is 0 Å². The number of ether oxygens (including phenoxy) is 1. The first kappa shape index (κ1) is 15.3. The van der Waals surface area contributed by atoms with Crippen molar-refractivity contribution in [3.63, 3.8) is 0 Å². The molecule has 112 valence electrons. The minimum atomic E-state index is 0.375. The maximum Gasteiger partial charge on any atom is 0.118 e. The number of methoxy groups -OCH3 is 1. The topological polar surface area (TPSA) is 24.5 Å². The molecular weight excluding hydrogens is 248 g/mol. The average Bonchev–Trinajstić information content (AvgIpc) is 2.42. The van der Waals surface area contributed by atoms with Crippen molar-refractivity contribution in [2.75, 3.05) is 27.7 Å². The Balaban J connectivity index is 1.98. The van der Waals surface area contributed by atoms with Gasteiger partial charge >= 0.3 is 0 Å². The third-order valence-electron chi connectivity index (χ3n) is 4.84. The minimum Gasteiger partial charge on any atom is -0.497 e. The van der Waals surface area contributed by atoms with Crippen molar-refractivity contribution in [1.29, 1.82) is 0 Å². The Labute approximate surface area is 123 Å². The summed E-state index contributed by atoms with van der Waals surface area (Å²) < 4.78 is 5.23. The highest BCUT2D eigenvalue weighted by Gasteiger charge is 2.38. The standard InChI is InChI=1S/C17H28N2O/c1-5-16(14-7-9-15(20-4)10-8-14)18-13-17(19(2)3)11-6-12-17/h7-10,16,18H,5-6,11-13H2,1-4H3. The van der Waals surface area contributed by atoms with Gasteiger partial charge in [-0.2, -0.15) is 0 Å². The molecule has 0 aliphatic heterocycles. The van der Waals surface area contributed by atoms with Crippen molar-refractivity contribution in [3.8, 4) is 5.75 Å². The van der Waals surface area contributed by atoms with Crippen LogP contribution in [0.1, 0.15) is 44.2 Å². The third-order valence-corrected chi connectivity index (χ3v) is 4.84. The van der Waals surface area contributed by atoms with Crippen LogP contribution in [0.15, 0.2) is 24.3 Å². The molecule has 1 aliphatic rings. The Morgan fingerprint density at radius 3 is 2.30 bits per heavy atom. The number of benzene rings is 1. The molecule has 3 heteroatoms. The second kappa shape index (κ2) is 6.59. The molecule has 0 heterocycles. The van der Waals surface area contributed by atoms with Crippen molar-refractivity contribution in [2.24, 2.45) is 0 Å². The quantitative estimate of drug-likeness (QED) is 0.827. The van der Waals surface area contributed by atoms with E-state index in [9.17, 15) is 0 Å². The lowest BCUT2D eigenvalue weighted by molar-refractivity contribution is 0.0569. The van der Waals surface area contributed by atoms with Gasteiger partial charge in [-0.15, -0.1) is 0 Å². The SMILES string of the molecule is CCC(NCC1(N(C)C)CCC1)c1ccc(OC)cc1. The molecule has 0 amide bonds. The zero-order valence-electron chi connectivity index (χ0n) is 13.3. The summed E-state index contributed by atoms with van der Waals surface area (Å²) in [5.41, 5.74) is 1.72. The van der Waals surface area contributed by atoms with E-state index in [-0.39, 0.29) is 0 Å². The van der Waals surface area contributed by atoms with Crippen molar-refractivity contribution in [2.45, 2.75) is 44.2 Å². The Bertz CT molecular complexity index is 410. The number of nitrogens with one attached hydrogen (secondary N) is 1. The highest BCUT2D eigenvalue weighted by atomic mass is 16.5. The number of hydrogen-bond acceptors (Lipinski definition) is 3. The van der Waals surface area contributed by atoms with E-state index >= 15 is 0 Å². The van der Waals surface area contributed by atoms with Crippen LogP contribution in [0, 0.1) is 0 Å². The molecule has 1 atom stereocenters. The summed E-state index contributed by atoms with van der Waals surface area (Å²) in [5, 5.41) is 3.76. The summed E-state index contributed by atoms with van der Waals surface area (Å²) in [7, 11) is 6.12. The van der Waals surface area contributed by atoms with Crippen LogP contribution < -0.4 is 10.1 Å². The summed E-state index contributed by atoms with van der Waals surface area (Å²) in [6.07, 6.45) is 5.09. The van der Waals surface area contributed by atoms with Crippen molar-refractivity contribution in [3.05, 3.63) is 29.8 Å². The number of rotatable bonds is 7. The highest BCUT2D eigenvalue weighted by Crippen LogP contribution is 2.36. The van der Waals surface area contributed by atoms with Crippen LogP contribution in [0.4, 0.5) is 0 Å². The maximum absolute atomic E-state index is 5.23. The van der Waals surface area contributed by atoms with Crippen LogP contribution in [-0.2, 0) is 0 Å². The van der Waals surface area contributed by atoms with Gasteiger partial charge < -0.3 is 15.0 Å². The van der Waals surface area contributed by atoms with Gasteiger partial charge in [-0.25, -0.2) is 0 Å². The van der Waals surface area contributed by atoms with E-state index in [1.807, 2.05) is 12.1 Å². The molecule has 1 N–H and O–H groups in total. The van der Waals surface area contributed by atoms with Gasteiger partial charge in [0, 0.05) is 18.1 Å². The lowest BCUT2D eigenvalue weighted by Crippen LogP contribution is -2.56. The van der Waals surface area contributed by atoms with Gasteiger partial charge in [-0.3, -0.25) is 0 Å². The lowest BCUT2D eigenvalue weighted by atomic mass is 9.75. The first-order valence-corrected chi connectivity index (χ1v) is 7.66. The predicted molar refractivity (Wildman–Crippen MR) is 84.3 cm³/mol. The highest BCUT2D eigenvalue weighted by molar-refractivity contribution is 5.29. The molecule has 1 aromatic carbocycles. The number of hydrogen-bond donors (Lipinski definition) is 1. The van der Waals surface area contributed by atoms with Crippen molar-refractivity contribution < 1.29 is 4.74 Å². The molecule has 0 spiro atoms. The van der Waals surface area contributed by atoms with E-state index < -0.39 is 0 Å². The van der Waals surface area contributed by atoms with Gasteiger partial charge in [0.05, 0.1) is 7.11 Å². The smallest absolute Gasteiger partial charge is 0.118 e. The summed E-state index contributed by atoms with van der Waals surface area (Å²) in [4.78, 5) is 2.39. The fourth-order valence-electron chi connectivity index (χ4n) is 3.01. The fourth-order valence-corrected chi connectivity index (χ4v) is 3.01. The molecule has 1 fully saturated rings. The summed E-state index contributed by atoms with van der Waals surface area (Å²) >= 11 is 0. The van der Waals surface area contributed by atoms with E-state index in [0.29, 0.717) is 11.6 Å². The zero-order chi connectivity index (χ0) is 14.6. The molecule has 1 aliphatic carbocycles. The molecule has 0 saturated heterocycles. The Morgan fingerprint density at radius 2 is 1.90 bits per heavy atom. The zero-order valence-corrected chi connectivity index (χ0v) is 13.3. The van der Waals surface area contributed by atoms with E-state index in [0.717, 1.165) is 18.7 Å². The first-order chi connectivity index (χ1) is 9.61. The average molecular weight is 276 g/mol. The molecule has 0 bridgehead atoms. The van der Waals surface area contributed by atoms with Crippen LogP contribution in [0.25, 0.3) is 0 Å². The van der Waals surface area contributed by atoms with Crippen LogP contribution in [0.2, 0.25) is 0 Å². The first-order valence-electron chi connectivity index (χ1n) is 7.66. The normalized spacial score (nSPS) is 18.6. The van der Waals surface area contributed by atoms with Crippen molar-refractivity contribution >= 4 is 0 Å². The second-order valence-electron chi connectivity index (χ2n) is 6.09. The van der Waals surface area contributed by atoms with Gasteiger partial charge in [0.25, 0.3) is 0 Å². The molecule has 0 radical (unpaired) electrons. The molecule has 1 aromatic rings. The molecule has 1 saturated carbocycles. The molecule has 20 heavy (non-hydrogen) atoms. The van der Waals surface area contributed by atoms with E-state index in [4.69, 9.17) is 4.74 Å². The molecule has 3 nitrogen and oxygen atoms in total. The van der Waals surface area contributed by atoms with E-state index in [1.165, 1.54) is 24.8 Å². The summed E-state index contributed by atoms with van der Waals surface area (Å²) in [6, 6.07) is 8.86. The van der Waals surface area contributed by atoms with Gasteiger partial charge in [-0.1, -0.05) is 19.1 Å². The molecular formula is C17H28N2O. The second-order valence-corrected chi connectivity index (χ2v) is 6.09. The maximum atomic E-state index is 5.23. The third kappa shape index (κ3) is 3.15. The Morgan fingerprint density at radius 1 is 1.25 bits per heavy atom. The van der Waals surface area contributed by atoms with Crippen LogP contribution in [0.3, 0.4) is 0 Å². The van der Waals surface area contributed by atoms with Crippen LogP contribution in [-0.4, -0.2) is 38.2 Å².